The first-order valence-electron chi connectivity index (χ1n) is 10.0. The molecule has 11 heteroatoms. The number of anilines is 1. The number of hydrogen-bond donors (Lipinski definition) is 2. The van der Waals surface area contributed by atoms with Gasteiger partial charge in [-0.25, -0.2) is 19.9 Å². The number of aromatic nitrogens is 7. The molecule has 4 aromatic heterocycles. The SMILES string of the molecule is Cc1nc(N[C@@H](C)c2nc3cccc(Cl)c3c(=O)n2-c2cccnc2)c2c(=O)[nH]cnc2n1. The van der Waals surface area contributed by atoms with Gasteiger partial charge in [-0.05, 0) is 38.1 Å². The summed E-state index contributed by atoms with van der Waals surface area (Å²) < 4.78 is 1.46. The first-order chi connectivity index (χ1) is 15.9. The summed E-state index contributed by atoms with van der Waals surface area (Å²) in [6.07, 6.45) is 4.48. The molecule has 0 fully saturated rings. The lowest BCUT2D eigenvalue weighted by molar-refractivity contribution is 0.729. The number of nitrogens with zero attached hydrogens (tertiary/aromatic N) is 6. The van der Waals surface area contributed by atoms with Crippen molar-refractivity contribution in [1.29, 1.82) is 0 Å². The molecule has 4 heterocycles. The van der Waals surface area contributed by atoms with Crippen molar-refractivity contribution in [2.45, 2.75) is 19.9 Å². The van der Waals surface area contributed by atoms with Crippen LogP contribution in [0.2, 0.25) is 5.02 Å². The van der Waals surface area contributed by atoms with Crippen molar-refractivity contribution in [3.05, 3.63) is 86.4 Å². The van der Waals surface area contributed by atoms with E-state index in [1.54, 1.807) is 49.6 Å². The number of benzene rings is 1. The van der Waals surface area contributed by atoms with E-state index in [1.807, 2.05) is 6.92 Å². The largest absolute Gasteiger partial charge is 0.360 e. The molecule has 33 heavy (non-hydrogen) atoms. The molecule has 0 spiro atoms. The van der Waals surface area contributed by atoms with Crippen LogP contribution >= 0.6 is 11.6 Å². The first kappa shape index (κ1) is 20.7. The monoisotopic (exact) mass is 460 g/mol. The number of halogens is 1. The van der Waals surface area contributed by atoms with Gasteiger partial charge < -0.3 is 10.3 Å². The van der Waals surface area contributed by atoms with Crippen molar-refractivity contribution >= 4 is 39.4 Å². The van der Waals surface area contributed by atoms with Crippen LogP contribution in [0.4, 0.5) is 5.82 Å². The number of hydrogen-bond acceptors (Lipinski definition) is 8. The van der Waals surface area contributed by atoms with Crippen LogP contribution in [0.5, 0.6) is 0 Å². The zero-order valence-electron chi connectivity index (χ0n) is 17.6. The lowest BCUT2D eigenvalue weighted by atomic mass is 10.2. The molecule has 2 N–H and O–H groups in total. The molecule has 0 saturated heterocycles. The molecule has 0 aliphatic rings. The summed E-state index contributed by atoms with van der Waals surface area (Å²) in [5.41, 5.74) is 0.551. The quantitative estimate of drug-likeness (QED) is 0.418. The van der Waals surface area contributed by atoms with Gasteiger partial charge in [0.15, 0.2) is 5.65 Å². The van der Waals surface area contributed by atoms with Crippen LogP contribution in [0, 0.1) is 6.92 Å². The number of fused-ring (bicyclic) bond motifs is 2. The average molecular weight is 461 g/mol. The summed E-state index contributed by atoms with van der Waals surface area (Å²) in [7, 11) is 0. The van der Waals surface area contributed by atoms with Crippen LogP contribution in [-0.4, -0.2) is 34.5 Å². The van der Waals surface area contributed by atoms with E-state index in [0.717, 1.165) is 0 Å². The molecule has 0 aliphatic carbocycles. The number of aromatic amines is 1. The van der Waals surface area contributed by atoms with Crippen LogP contribution < -0.4 is 16.4 Å². The van der Waals surface area contributed by atoms with E-state index < -0.39 is 6.04 Å². The van der Waals surface area contributed by atoms with Crippen LogP contribution in [-0.2, 0) is 0 Å². The van der Waals surface area contributed by atoms with E-state index in [1.165, 1.54) is 10.9 Å². The Kier molecular flexibility index (Phi) is 5.06. The Hall–Kier alpha value is -4.18. The normalized spacial score (nSPS) is 12.2. The van der Waals surface area contributed by atoms with Gasteiger partial charge in [0.05, 0.1) is 40.2 Å². The van der Waals surface area contributed by atoms with Crippen LogP contribution in [0.1, 0.15) is 24.6 Å². The van der Waals surface area contributed by atoms with Gasteiger partial charge >= 0.3 is 0 Å². The fourth-order valence-electron chi connectivity index (χ4n) is 3.69. The minimum absolute atomic E-state index is 0.217. The van der Waals surface area contributed by atoms with Gasteiger partial charge in [0.2, 0.25) is 0 Å². The topological polar surface area (TPSA) is 131 Å². The second-order valence-corrected chi connectivity index (χ2v) is 7.78. The lowest BCUT2D eigenvalue weighted by Gasteiger charge is -2.20. The number of aryl methyl sites for hydroxylation is 1. The average Bonchev–Trinajstić information content (AvgIpc) is 2.79. The summed E-state index contributed by atoms with van der Waals surface area (Å²) >= 11 is 6.34. The maximum Gasteiger partial charge on any atom is 0.267 e. The summed E-state index contributed by atoms with van der Waals surface area (Å²) in [4.78, 5) is 50.2. The molecule has 5 aromatic rings. The maximum absolute atomic E-state index is 13.5. The van der Waals surface area contributed by atoms with E-state index >= 15 is 0 Å². The molecule has 5 rings (SSSR count). The van der Waals surface area contributed by atoms with Crippen molar-refractivity contribution in [2.24, 2.45) is 0 Å². The summed E-state index contributed by atoms with van der Waals surface area (Å²) in [6.45, 7) is 3.53. The Bertz CT molecular complexity index is 1630. The number of nitrogens with one attached hydrogen (secondary N) is 2. The molecule has 1 aromatic carbocycles. The summed E-state index contributed by atoms with van der Waals surface area (Å²) in [5.74, 6) is 1.13. The fraction of sp³-hybridized carbons (Fsp3) is 0.136. The predicted molar refractivity (Wildman–Crippen MR) is 125 cm³/mol. The summed E-state index contributed by atoms with van der Waals surface area (Å²) in [5, 5.41) is 4.05. The standard InChI is InChI=1S/C22H17ClN8O2/c1-11(27-19-17-18(28-12(2)29-19)25-10-26-21(17)32)20-30-15-7-3-6-14(23)16(15)22(33)31(20)13-5-4-8-24-9-13/h3-11H,1-2H3,(H2,25,26,27,28,29,32)/t11-/m0/s1. The lowest BCUT2D eigenvalue weighted by Crippen LogP contribution is -2.28. The highest BCUT2D eigenvalue weighted by Gasteiger charge is 2.21. The molecular weight excluding hydrogens is 444 g/mol. The van der Waals surface area contributed by atoms with E-state index in [4.69, 9.17) is 16.6 Å². The van der Waals surface area contributed by atoms with Gasteiger partial charge in [-0.3, -0.25) is 19.1 Å². The molecule has 164 valence electrons. The van der Waals surface area contributed by atoms with Crippen molar-refractivity contribution in [3.8, 4) is 5.69 Å². The molecule has 1 atom stereocenters. The Morgan fingerprint density at radius 1 is 1.09 bits per heavy atom. The van der Waals surface area contributed by atoms with Gasteiger partial charge in [-0.15, -0.1) is 0 Å². The third kappa shape index (κ3) is 3.60. The second-order valence-electron chi connectivity index (χ2n) is 7.37. The van der Waals surface area contributed by atoms with Crippen molar-refractivity contribution in [3.63, 3.8) is 0 Å². The van der Waals surface area contributed by atoms with E-state index in [0.29, 0.717) is 33.3 Å². The Balaban J connectivity index is 1.73. The number of rotatable bonds is 4. The number of pyridine rings is 1. The van der Waals surface area contributed by atoms with Crippen LogP contribution in [0.25, 0.3) is 27.6 Å². The van der Waals surface area contributed by atoms with Crippen molar-refractivity contribution < 1.29 is 0 Å². The highest BCUT2D eigenvalue weighted by Crippen LogP contribution is 2.25. The molecular formula is C22H17ClN8O2. The van der Waals surface area contributed by atoms with Gasteiger partial charge in [-0.2, -0.15) is 0 Å². The fourth-order valence-corrected chi connectivity index (χ4v) is 3.94. The predicted octanol–water partition coefficient (Wildman–Crippen LogP) is 2.94. The first-order valence-corrected chi connectivity index (χ1v) is 10.4. The molecule has 0 aliphatic heterocycles. The van der Waals surface area contributed by atoms with Crippen LogP contribution in [0.3, 0.4) is 0 Å². The van der Waals surface area contributed by atoms with Gasteiger partial charge in [0.25, 0.3) is 11.1 Å². The number of H-pyrrole nitrogens is 1. The van der Waals surface area contributed by atoms with Crippen LogP contribution in [0.15, 0.2) is 58.6 Å². The van der Waals surface area contributed by atoms with E-state index in [9.17, 15) is 9.59 Å². The Labute approximate surface area is 191 Å². The van der Waals surface area contributed by atoms with E-state index in [2.05, 4.69) is 30.2 Å². The molecule has 0 unspecified atom stereocenters. The van der Waals surface area contributed by atoms with Crippen molar-refractivity contribution in [2.75, 3.05) is 5.32 Å². The molecule has 0 bridgehead atoms. The molecule has 0 saturated carbocycles. The zero-order chi connectivity index (χ0) is 23.1. The second kappa shape index (κ2) is 8.06. The van der Waals surface area contributed by atoms with Crippen molar-refractivity contribution in [1.82, 2.24) is 34.5 Å². The van der Waals surface area contributed by atoms with E-state index in [-0.39, 0.29) is 28.0 Å². The zero-order valence-corrected chi connectivity index (χ0v) is 18.3. The molecule has 0 radical (unpaired) electrons. The smallest absolute Gasteiger partial charge is 0.267 e. The third-order valence-electron chi connectivity index (χ3n) is 5.13. The molecule has 10 nitrogen and oxygen atoms in total. The maximum atomic E-state index is 13.5. The van der Waals surface area contributed by atoms with Gasteiger partial charge in [0, 0.05) is 6.20 Å². The Morgan fingerprint density at radius 3 is 2.73 bits per heavy atom. The third-order valence-corrected chi connectivity index (χ3v) is 5.44. The minimum Gasteiger partial charge on any atom is -0.360 e. The van der Waals surface area contributed by atoms with Gasteiger partial charge in [-0.1, -0.05) is 17.7 Å². The minimum atomic E-state index is -0.543. The Morgan fingerprint density at radius 2 is 1.94 bits per heavy atom. The highest BCUT2D eigenvalue weighted by atomic mass is 35.5. The summed E-state index contributed by atoms with van der Waals surface area (Å²) in [6, 6.07) is 8.06. The van der Waals surface area contributed by atoms with Gasteiger partial charge in [0.1, 0.15) is 22.9 Å². The molecule has 0 amide bonds. The highest BCUT2D eigenvalue weighted by molar-refractivity contribution is 6.35.